The predicted octanol–water partition coefficient (Wildman–Crippen LogP) is 3.16. The fourth-order valence-corrected chi connectivity index (χ4v) is 3.68. The minimum absolute atomic E-state index is 0.532. The first-order valence-electron chi connectivity index (χ1n) is 6.12. The molecule has 0 aromatic heterocycles. The van der Waals surface area contributed by atoms with Crippen LogP contribution < -0.4 is 5.32 Å². The average molecular weight is 201 g/mol. The first kappa shape index (κ1) is 9.41. The monoisotopic (exact) mass is 201 g/mol. The Hall–Kier alpha value is -0.820. The lowest BCUT2D eigenvalue weighted by atomic mass is 9.80. The topological polar surface area (TPSA) is 12.0 Å². The van der Waals surface area contributed by atoms with Gasteiger partial charge in [-0.25, -0.2) is 0 Å². The standard InChI is InChI=1S/C14H19N/c1-15-13-10-14(8-4-5-9-14)12-7-3-2-6-11(12)13/h2-3,6-7,13,15H,4-5,8-10H2,1H3. The molecular formula is C14H19N. The second-order valence-electron chi connectivity index (χ2n) is 5.12. The summed E-state index contributed by atoms with van der Waals surface area (Å²) in [6, 6.07) is 9.65. The molecule has 1 saturated carbocycles. The fourth-order valence-electron chi connectivity index (χ4n) is 3.68. The Morgan fingerprint density at radius 1 is 1.20 bits per heavy atom. The van der Waals surface area contributed by atoms with Crippen molar-refractivity contribution in [3.05, 3.63) is 35.4 Å². The normalized spacial score (nSPS) is 27.1. The summed E-state index contributed by atoms with van der Waals surface area (Å²) in [4.78, 5) is 0. The Labute approximate surface area is 91.9 Å². The van der Waals surface area contributed by atoms with Gasteiger partial charge in [-0.05, 0) is 42.9 Å². The van der Waals surface area contributed by atoms with E-state index in [0.29, 0.717) is 11.5 Å². The molecule has 2 aliphatic rings. The molecule has 80 valence electrons. The third kappa shape index (κ3) is 1.26. The molecule has 1 unspecified atom stereocenters. The average Bonchev–Trinajstić information content (AvgIpc) is 2.87. The molecule has 1 N–H and O–H groups in total. The highest BCUT2D eigenvalue weighted by molar-refractivity contribution is 5.42. The van der Waals surface area contributed by atoms with Gasteiger partial charge in [-0.2, -0.15) is 0 Å². The van der Waals surface area contributed by atoms with Crippen molar-refractivity contribution < 1.29 is 0 Å². The molecular weight excluding hydrogens is 182 g/mol. The molecule has 1 spiro atoms. The molecule has 3 rings (SSSR count). The Morgan fingerprint density at radius 2 is 1.93 bits per heavy atom. The van der Waals surface area contributed by atoms with Crippen LogP contribution in [-0.4, -0.2) is 7.05 Å². The number of fused-ring (bicyclic) bond motifs is 2. The lowest BCUT2D eigenvalue weighted by Crippen LogP contribution is -2.20. The van der Waals surface area contributed by atoms with Gasteiger partial charge in [0.2, 0.25) is 0 Å². The van der Waals surface area contributed by atoms with Crippen LogP contribution in [0, 0.1) is 0 Å². The number of nitrogens with one attached hydrogen (secondary N) is 1. The first-order chi connectivity index (χ1) is 7.36. The van der Waals surface area contributed by atoms with Crippen molar-refractivity contribution >= 4 is 0 Å². The van der Waals surface area contributed by atoms with Crippen LogP contribution in [0.1, 0.15) is 49.3 Å². The summed E-state index contributed by atoms with van der Waals surface area (Å²) in [5, 5.41) is 3.47. The second-order valence-corrected chi connectivity index (χ2v) is 5.12. The minimum Gasteiger partial charge on any atom is -0.313 e. The van der Waals surface area contributed by atoms with E-state index in [4.69, 9.17) is 0 Å². The zero-order valence-corrected chi connectivity index (χ0v) is 9.42. The molecule has 0 amide bonds. The van der Waals surface area contributed by atoms with Crippen molar-refractivity contribution in [3.8, 4) is 0 Å². The van der Waals surface area contributed by atoms with Crippen molar-refractivity contribution in [1.29, 1.82) is 0 Å². The smallest absolute Gasteiger partial charge is 0.0328 e. The van der Waals surface area contributed by atoms with E-state index in [-0.39, 0.29) is 0 Å². The fraction of sp³-hybridized carbons (Fsp3) is 0.571. The van der Waals surface area contributed by atoms with Crippen molar-refractivity contribution in [2.75, 3.05) is 7.05 Å². The maximum atomic E-state index is 3.47. The Balaban J connectivity index is 2.09. The van der Waals surface area contributed by atoms with E-state index in [1.54, 1.807) is 11.1 Å². The number of hydrogen-bond acceptors (Lipinski definition) is 1. The van der Waals surface area contributed by atoms with E-state index >= 15 is 0 Å². The Morgan fingerprint density at radius 3 is 2.67 bits per heavy atom. The van der Waals surface area contributed by atoms with Crippen LogP contribution in [0.5, 0.6) is 0 Å². The first-order valence-corrected chi connectivity index (χ1v) is 6.12. The molecule has 0 heterocycles. The molecule has 0 bridgehead atoms. The Bertz CT molecular complexity index is 363. The van der Waals surface area contributed by atoms with Crippen LogP contribution in [0.3, 0.4) is 0 Å². The highest BCUT2D eigenvalue weighted by Crippen LogP contribution is 2.53. The largest absolute Gasteiger partial charge is 0.313 e. The van der Waals surface area contributed by atoms with Crippen molar-refractivity contribution in [2.45, 2.75) is 43.6 Å². The third-order valence-electron chi connectivity index (χ3n) is 4.41. The van der Waals surface area contributed by atoms with Gasteiger partial charge in [-0.3, -0.25) is 0 Å². The second kappa shape index (κ2) is 3.34. The van der Waals surface area contributed by atoms with Crippen LogP contribution in [0.2, 0.25) is 0 Å². The summed E-state index contributed by atoms with van der Waals surface area (Å²) < 4.78 is 0. The van der Waals surface area contributed by atoms with Crippen LogP contribution >= 0.6 is 0 Å². The zero-order valence-electron chi connectivity index (χ0n) is 9.42. The summed E-state index contributed by atoms with van der Waals surface area (Å²) in [5.74, 6) is 0. The van der Waals surface area contributed by atoms with Crippen LogP contribution in [0.4, 0.5) is 0 Å². The number of rotatable bonds is 1. The number of benzene rings is 1. The maximum Gasteiger partial charge on any atom is 0.0328 e. The molecule has 2 aliphatic carbocycles. The van der Waals surface area contributed by atoms with Crippen LogP contribution in [-0.2, 0) is 5.41 Å². The van der Waals surface area contributed by atoms with Gasteiger partial charge in [-0.15, -0.1) is 0 Å². The summed E-state index contributed by atoms with van der Waals surface area (Å²) in [6.07, 6.45) is 6.97. The van der Waals surface area contributed by atoms with Gasteiger partial charge in [0.25, 0.3) is 0 Å². The summed E-state index contributed by atoms with van der Waals surface area (Å²) >= 11 is 0. The van der Waals surface area contributed by atoms with Gasteiger partial charge in [0.1, 0.15) is 0 Å². The van der Waals surface area contributed by atoms with E-state index in [0.717, 1.165) is 0 Å². The maximum absolute atomic E-state index is 3.47. The van der Waals surface area contributed by atoms with Crippen molar-refractivity contribution in [3.63, 3.8) is 0 Å². The molecule has 0 saturated heterocycles. The highest BCUT2D eigenvalue weighted by atomic mass is 14.9. The highest BCUT2D eigenvalue weighted by Gasteiger charge is 2.44. The zero-order chi connectivity index (χ0) is 10.3. The van der Waals surface area contributed by atoms with E-state index < -0.39 is 0 Å². The van der Waals surface area contributed by atoms with Gasteiger partial charge in [0, 0.05) is 6.04 Å². The lowest BCUT2D eigenvalue weighted by Gasteiger charge is -2.24. The van der Waals surface area contributed by atoms with Gasteiger partial charge < -0.3 is 5.32 Å². The molecule has 0 aliphatic heterocycles. The van der Waals surface area contributed by atoms with Crippen LogP contribution in [0.25, 0.3) is 0 Å². The SMILES string of the molecule is CNC1CC2(CCCC2)c2ccccc21. The van der Waals surface area contributed by atoms with E-state index in [1.165, 1.54) is 32.1 Å². The molecule has 0 radical (unpaired) electrons. The summed E-state index contributed by atoms with van der Waals surface area (Å²) in [5.41, 5.74) is 3.73. The molecule has 1 atom stereocenters. The van der Waals surface area contributed by atoms with Crippen LogP contribution in [0.15, 0.2) is 24.3 Å². The third-order valence-corrected chi connectivity index (χ3v) is 4.41. The summed E-state index contributed by atoms with van der Waals surface area (Å²) in [6.45, 7) is 0. The van der Waals surface area contributed by atoms with E-state index in [9.17, 15) is 0 Å². The summed E-state index contributed by atoms with van der Waals surface area (Å²) in [7, 11) is 2.09. The van der Waals surface area contributed by atoms with Gasteiger partial charge in [0.05, 0.1) is 0 Å². The number of hydrogen-bond donors (Lipinski definition) is 1. The van der Waals surface area contributed by atoms with Crippen molar-refractivity contribution in [1.82, 2.24) is 5.32 Å². The Kier molecular flexibility index (Phi) is 2.10. The molecule has 1 heteroatoms. The minimum atomic E-state index is 0.532. The molecule has 1 aromatic rings. The van der Waals surface area contributed by atoms with Crippen molar-refractivity contribution in [2.24, 2.45) is 0 Å². The van der Waals surface area contributed by atoms with E-state index in [2.05, 4.69) is 36.6 Å². The predicted molar refractivity (Wildman–Crippen MR) is 63.0 cm³/mol. The lowest BCUT2D eigenvalue weighted by molar-refractivity contribution is 0.390. The molecule has 1 aromatic carbocycles. The molecule has 1 fully saturated rings. The quantitative estimate of drug-likeness (QED) is 0.736. The van der Waals surface area contributed by atoms with Gasteiger partial charge in [-0.1, -0.05) is 37.1 Å². The molecule has 1 nitrogen and oxygen atoms in total. The van der Waals surface area contributed by atoms with E-state index in [1.807, 2.05) is 0 Å². The van der Waals surface area contributed by atoms with Gasteiger partial charge >= 0.3 is 0 Å². The molecule has 15 heavy (non-hydrogen) atoms. The van der Waals surface area contributed by atoms with Gasteiger partial charge in [0.15, 0.2) is 0 Å².